The van der Waals surface area contributed by atoms with Crippen molar-refractivity contribution in [3.05, 3.63) is 30.3 Å². The molecule has 0 fully saturated rings. The third-order valence-electron chi connectivity index (χ3n) is 3.82. The zero-order valence-electron chi connectivity index (χ0n) is 15.0. The van der Waals surface area contributed by atoms with E-state index in [-0.39, 0.29) is 0 Å². The number of aliphatic imine (C=N–C) groups is 1. The summed E-state index contributed by atoms with van der Waals surface area (Å²) in [5.41, 5.74) is 0. The first-order valence-corrected chi connectivity index (χ1v) is 8.57. The van der Waals surface area contributed by atoms with Crippen LogP contribution in [0.5, 0.6) is 5.75 Å². The van der Waals surface area contributed by atoms with E-state index in [1.807, 2.05) is 30.3 Å². The van der Waals surface area contributed by atoms with Crippen LogP contribution in [0.3, 0.4) is 0 Å². The molecule has 5 heteroatoms. The summed E-state index contributed by atoms with van der Waals surface area (Å²) in [7, 11) is 2.15. The highest BCUT2D eigenvalue weighted by atomic mass is 16.5. The van der Waals surface area contributed by atoms with E-state index in [0.29, 0.717) is 12.6 Å². The molecule has 0 aliphatic rings. The summed E-state index contributed by atoms with van der Waals surface area (Å²) >= 11 is 0. The summed E-state index contributed by atoms with van der Waals surface area (Å²) in [4.78, 5) is 6.95. The van der Waals surface area contributed by atoms with Crippen LogP contribution >= 0.6 is 0 Å². The zero-order chi connectivity index (χ0) is 16.9. The van der Waals surface area contributed by atoms with Crippen LogP contribution in [-0.2, 0) is 0 Å². The Morgan fingerprint density at radius 2 is 1.96 bits per heavy atom. The zero-order valence-corrected chi connectivity index (χ0v) is 15.0. The molecule has 0 amide bonds. The molecule has 1 aromatic carbocycles. The van der Waals surface area contributed by atoms with E-state index in [1.54, 1.807) is 0 Å². The van der Waals surface area contributed by atoms with Gasteiger partial charge < -0.3 is 20.3 Å². The van der Waals surface area contributed by atoms with Crippen LogP contribution < -0.4 is 15.4 Å². The number of likely N-dealkylation sites (N-methyl/N-ethyl adjacent to an activating group) is 1. The second kappa shape index (κ2) is 11.8. The summed E-state index contributed by atoms with van der Waals surface area (Å²) in [6.45, 7) is 10.5. The minimum absolute atomic E-state index is 0.597. The summed E-state index contributed by atoms with van der Waals surface area (Å²) in [5.74, 6) is 1.74. The van der Waals surface area contributed by atoms with E-state index in [1.165, 1.54) is 0 Å². The minimum Gasteiger partial charge on any atom is -0.492 e. The molecule has 0 aromatic heterocycles. The number of hydrogen-bond acceptors (Lipinski definition) is 3. The monoisotopic (exact) mass is 320 g/mol. The normalized spacial score (nSPS) is 13.0. The highest BCUT2D eigenvalue weighted by Gasteiger charge is 2.05. The smallest absolute Gasteiger partial charge is 0.191 e. The largest absolute Gasteiger partial charge is 0.492 e. The number of hydrogen-bond donors (Lipinski definition) is 2. The van der Waals surface area contributed by atoms with Crippen molar-refractivity contribution >= 4 is 5.96 Å². The van der Waals surface area contributed by atoms with Crippen LogP contribution in [0.2, 0.25) is 0 Å². The first-order chi connectivity index (χ1) is 11.2. The van der Waals surface area contributed by atoms with Gasteiger partial charge >= 0.3 is 0 Å². The van der Waals surface area contributed by atoms with Gasteiger partial charge in [0, 0.05) is 19.1 Å². The number of nitrogens with zero attached hydrogens (tertiary/aromatic N) is 2. The molecule has 0 bridgehead atoms. The quantitative estimate of drug-likeness (QED) is 0.395. The molecular formula is C18H32N4O. The van der Waals surface area contributed by atoms with Gasteiger partial charge in [0.1, 0.15) is 12.4 Å². The van der Waals surface area contributed by atoms with Gasteiger partial charge in [0.2, 0.25) is 0 Å². The Labute approximate surface area is 141 Å². The van der Waals surface area contributed by atoms with Crippen molar-refractivity contribution in [2.24, 2.45) is 4.99 Å². The van der Waals surface area contributed by atoms with Crippen LogP contribution in [0.1, 0.15) is 27.2 Å². The SMILES string of the molecule is CCNC(=NCCN(C)C(C)CC)NCCOc1ccccc1. The van der Waals surface area contributed by atoms with Crippen LogP contribution in [-0.4, -0.2) is 56.7 Å². The van der Waals surface area contributed by atoms with Crippen molar-refractivity contribution in [3.8, 4) is 5.75 Å². The molecule has 0 radical (unpaired) electrons. The Bertz CT molecular complexity index is 436. The molecule has 0 heterocycles. The molecular weight excluding hydrogens is 288 g/mol. The fourth-order valence-electron chi connectivity index (χ4n) is 2.05. The number of para-hydroxylation sites is 1. The lowest BCUT2D eigenvalue weighted by Gasteiger charge is -2.22. The summed E-state index contributed by atoms with van der Waals surface area (Å²) < 4.78 is 5.67. The predicted octanol–water partition coefficient (Wildman–Crippen LogP) is 2.35. The van der Waals surface area contributed by atoms with Crippen molar-refractivity contribution in [2.75, 3.05) is 39.8 Å². The highest BCUT2D eigenvalue weighted by Crippen LogP contribution is 2.07. The molecule has 1 aromatic rings. The predicted molar refractivity (Wildman–Crippen MR) is 98.3 cm³/mol. The van der Waals surface area contributed by atoms with E-state index in [9.17, 15) is 0 Å². The fourth-order valence-corrected chi connectivity index (χ4v) is 2.05. The van der Waals surface area contributed by atoms with Gasteiger partial charge in [-0.1, -0.05) is 25.1 Å². The van der Waals surface area contributed by atoms with Crippen LogP contribution in [0.15, 0.2) is 35.3 Å². The number of benzene rings is 1. The average molecular weight is 320 g/mol. The lowest BCUT2D eigenvalue weighted by molar-refractivity contribution is 0.259. The molecule has 1 rings (SSSR count). The van der Waals surface area contributed by atoms with Gasteiger partial charge in [0.15, 0.2) is 5.96 Å². The van der Waals surface area contributed by atoms with Crippen molar-refractivity contribution in [1.82, 2.24) is 15.5 Å². The lowest BCUT2D eigenvalue weighted by Crippen LogP contribution is -2.40. The first kappa shape index (κ1) is 19.3. The third kappa shape index (κ3) is 8.45. The Morgan fingerprint density at radius 1 is 1.22 bits per heavy atom. The van der Waals surface area contributed by atoms with Crippen LogP contribution in [0.25, 0.3) is 0 Å². The molecule has 0 aliphatic carbocycles. The van der Waals surface area contributed by atoms with Gasteiger partial charge in [-0.05, 0) is 39.4 Å². The van der Waals surface area contributed by atoms with Gasteiger partial charge in [0.05, 0.1) is 13.1 Å². The summed E-state index contributed by atoms with van der Waals surface area (Å²) in [6, 6.07) is 10.5. The van der Waals surface area contributed by atoms with Gasteiger partial charge in [0.25, 0.3) is 0 Å². The molecule has 23 heavy (non-hydrogen) atoms. The van der Waals surface area contributed by atoms with Gasteiger partial charge in [-0.25, -0.2) is 0 Å². The minimum atomic E-state index is 0.597. The second-order valence-corrected chi connectivity index (χ2v) is 5.59. The Balaban J connectivity index is 2.29. The Kier molecular flexibility index (Phi) is 9.87. The van der Waals surface area contributed by atoms with Crippen molar-refractivity contribution in [3.63, 3.8) is 0 Å². The molecule has 0 aliphatic heterocycles. The summed E-state index contributed by atoms with van der Waals surface area (Å²) in [5, 5.41) is 6.57. The van der Waals surface area contributed by atoms with Crippen molar-refractivity contribution < 1.29 is 4.74 Å². The average Bonchev–Trinajstić information content (AvgIpc) is 2.58. The van der Waals surface area contributed by atoms with Crippen LogP contribution in [0, 0.1) is 0 Å². The second-order valence-electron chi connectivity index (χ2n) is 5.59. The third-order valence-corrected chi connectivity index (χ3v) is 3.82. The molecule has 5 nitrogen and oxygen atoms in total. The van der Waals surface area contributed by atoms with Crippen molar-refractivity contribution in [2.45, 2.75) is 33.2 Å². The maximum atomic E-state index is 5.67. The molecule has 1 atom stereocenters. The number of rotatable bonds is 10. The molecule has 0 spiro atoms. The van der Waals surface area contributed by atoms with E-state index >= 15 is 0 Å². The number of guanidine groups is 1. The maximum Gasteiger partial charge on any atom is 0.191 e. The summed E-state index contributed by atoms with van der Waals surface area (Å²) in [6.07, 6.45) is 1.16. The Hall–Kier alpha value is -1.75. The van der Waals surface area contributed by atoms with Crippen LogP contribution in [0.4, 0.5) is 0 Å². The van der Waals surface area contributed by atoms with Gasteiger partial charge in [-0.2, -0.15) is 0 Å². The molecule has 0 saturated carbocycles. The van der Waals surface area contributed by atoms with Gasteiger partial charge in [-0.15, -0.1) is 0 Å². The van der Waals surface area contributed by atoms with E-state index in [4.69, 9.17) is 4.74 Å². The van der Waals surface area contributed by atoms with Crippen molar-refractivity contribution in [1.29, 1.82) is 0 Å². The van der Waals surface area contributed by atoms with E-state index in [2.05, 4.69) is 48.3 Å². The van der Waals surface area contributed by atoms with Gasteiger partial charge in [-0.3, -0.25) is 4.99 Å². The van der Waals surface area contributed by atoms with E-state index in [0.717, 1.165) is 44.3 Å². The maximum absolute atomic E-state index is 5.67. The fraction of sp³-hybridized carbons (Fsp3) is 0.611. The molecule has 130 valence electrons. The highest BCUT2D eigenvalue weighted by molar-refractivity contribution is 5.79. The topological polar surface area (TPSA) is 48.9 Å². The number of ether oxygens (including phenoxy) is 1. The Morgan fingerprint density at radius 3 is 2.61 bits per heavy atom. The molecule has 1 unspecified atom stereocenters. The van der Waals surface area contributed by atoms with E-state index < -0.39 is 0 Å². The molecule has 0 saturated heterocycles. The lowest BCUT2D eigenvalue weighted by atomic mass is 10.2. The standard InChI is InChI=1S/C18H32N4O/c1-5-16(3)22(4)14-12-20-18(19-6-2)21-13-15-23-17-10-8-7-9-11-17/h7-11,16H,5-6,12-15H2,1-4H3,(H2,19,20,21). The first-order valence-electron chi connectivity index (χ1n) is 8.57. The molecule has 2 N–H and O–H groups in total. The number of nitrogens with one attached hydrogen (secondary N) is 2.